The monoisotopic (exact) mass is 316 g/mol. The third-order valence-electron chi connectivity index (χ3n) is 4.17. The average molecular weight is 317 g/mol. The Morgan fingerprint density at radius 3 is 1.55 bits per heavy atom. The molecule has 2 saturated carbocycles. The van der Waals surface area contributed by atoms with Gasteiger partial charge in [0, 0.05) is 7.11 Å². The molecule has 0 N–H and O–H groups in total. The van der Waals surface area contributed by atoms with Crippen LogP contribution < -0.4 is 0 Å². The highest BCUT2D eigenvalue weighted by Gasteiger charge is 2.12. The van der Waals surface area contributed by atoms with E-state index in [9.17, 15) is 0 Å². The Balaban J connectivity index is 0. The average Bonchev–Trinajstić information content (AvgIpc) is 2.61. The fourth-order valence-electron chi connectivity index (χ4n) is 2.96. The van der Waals surface area contributed by atoms with Crippen molar-refractivity contribution < 1.29 is 9.47 Å². The first-order chi connectivity index (χ1) is 10.8. The van der Waals surface area contributed by atoms with Gasteiger partial charge in [-0.25, -0.2) is 0 Å². The molecule has 0 amide bonds. The number of rotatable bonds is 4. The van der Waals surface area contributed by atoms with Crippen molar-refractivity contribution in [3.63, 3.8) is 0 Å². The van der Waals surface area contributed by atoms with Gasteiger partial charge in [-0.3, -0.25) is 0 Å². The predicted octanol–water partition coefficient (Wildman–Crippen LogP) is 6.83. The first-order valence-corrected chi connectivity index (χ1v) is 9.89. The van der Waals surface area contributed by atoms with E-state index >= 15 is 0 Å². The van der Waals surface area contributed by atoms with Gasteiger partial charge in [-0.2, -0.15) is 0 Å². The fourth-order valence-corrected chi connectivity index (χ4v) is 2.96. The van der Waals surface area contributed by atoms with Crippen molar-refractivity contribution in [2.24, 2.45) is 11.8 Å². The largest absolute Gasteiger partial charge is 0.359 e. The summed E-state index contributed by atoms with van der Waals surface area (Å²) in [6.45, 7) is 11.7. The second-order valence-electron chi connectivity index (χ2n) is 6.02. The van der Waals surface area contributed by atoms with Gasteiger partial charge in [0.25, 0.3) is 0 Å². The van der Waals surface area contributed by atoms with Gasteiger partial charge < -0.3 is 9.47 Å². The zero-order valence-corrected chi connectivity index (χ0v) is 16.5. The van der Waals surface area contributed by atoms with E-state index in [1.807, 2.05) is 27.7 Å². The number of methoxy groups -OCH3 is 1. The summed E-state index contributed by atoms with van der Waals surface area (Å²) in [5.41, 5.74) is 0. The van der Waals surface area contributed by atoms with Crippen LogP contribution in [-0.4, -0.2) is 20.5 Å². The smallest absolute Gasteiger partial charge is 0.146 e. The molecule has 136 valence electrons. The van der Waals surface area contributed by atoms with Crippen LogP contribution in [0.1, 0.15) is 98.8 Å². The van der Waals surface area contributed by atoms with Crippen LogP contribution in [0.2, 0.25) is 0 Å². The third kappa shape index (κ3) is 16.3. The van der Waals surface area contributed by atoms with Gasteiger partial charge in [-0.15, -0.1) is 0 Å². The summed E-state index contributed by atoms with van der Waals surface area (Å²) in [4.78, 5) is 0. The Labute approximate surface area is 141 Å². The standard InChI is InChI=1S/C9H18O2.C7H14.2C2H6/c1-10-8-11-7-9-5-3-2-4-6-9;1-7-5-3-2-4-6-7;2*1-2/h9H,2-8H2,1H3;7H,2-6H2,1H3;2*1-2H3. The van der Waals surface area contributed by atoms with E-state index in [4.69, 9.17) is 9.47 Å². The molecule has 2 heteroatoms. The van der Waals surface area contributed by atoms with E-state index in [1.54, 1.807) is 7.11 Å². The summed E-state index contributed by atoms with van der Waals surface area (Å²) in [6.07, 6.45) is 14.3. The Bertz CT molecular complexity index is 171. The quantitative estimate of drug-likeness (QED) is 0.418. The van der Waals surface area contributed by atoms with Crippen LogP contribution in [0.3, 0.4) is 0 Å². The summed E-state index contributed by atoms with van der Waals surface area (Å²) >= 11 is 0. The molecule has 0 radical (unpaired) electrons. The van der Waals surface area contributed by atoms with Crippen LogP contribution in [0.4, 0.5) is 0 Å². The van der Waals surface area contributed by atoms with Crippen molar-refractivity contribution in [1.29, 1.82) is 0 Å². The molecule has 22 heavy (non-hydrogen) atoms. The lowest BCUT2D eigenvalue weighted by molar-refractivity contribution is -0.0470. The van der Waals surface area contributed by atoms with Crippen molar-refractivity contribution >= 4 is 0 Å². The van der Waals surface area contributed by atoms with Gasteiger partial charge in [-0.1, -0.05) is 86.0 Å². The molecule has 2 rings (SSSR count). The van der Waals surface area contributed by atoms with Crippen molar-refractivity contribution in [2.75, 3.05) is 20.5 Å². The Kier molecular flexibility index (Phi) is 23.0. The fraction of sp³-hybridized carbons (Fsp3) is 1.00. The topological polar surface area (TPSA) is 18.5 Å². The minimum Gasteiger partial charge on any atom is -0.359 e. The van der Waals surface area contributed by atoms with E-state index in [-0.39, 0.29) is 0 Å². The van der Waals surface area contributed by atoms with Crippen LogP contribution in [0.5, 0.6) is 0 Å². The van der Waals surface area contributed by atoms with Gasteiger partial charge >= 0.3 is 0 Å². The number of hydrogen-bond donors (Lipinski definition) is 0. The lowest BCUT2D eigenvalue weighted by Crippen LogP contribution is -2.14. The first kappa shape index (κ1) is 24.2. The maximum absolute atomic E-state index is 5.30. The molecule has 0 aromatic rings. The van der Waals surface area contributed by atoms with Crippen LogP contribution in [-0.2, 0) is 9.47 Å². The number of ether oxygens (including phenoxy) is 2. The van der Waals surface area contributed by atoms with Gasteiger partial charge in [0.2, 0.25) is 0 Å². The van der Waals surface area contributed by atoms with Crippen molar-refractivity contribution in [3.05, 3.63) is 0 Å². The summed E-state index contributed by atoms with van der Waals surface area (Å²) in [7, 11) is 1.67. The second kappa shape index (κ2) is 20.9. The van der Waals surface area contributed by atoms with E-state index in [0.717, 1.165) is 18.4 Å². The zero-order valence-electron chi connectivity index (χ0n) is 16.5. The lowest BCUT2D eigenvalue weighted by Gasteiger charge is -2.20. The Hall–Kier alpha value is -0.0800. The van der Waals surface area contributed by atoms with Crippen LogP contribution in [0.25, 0.3) is 0 Å². The molecule has 0 unspecified atom stereocenters. The van der Waals surface area contributed by atoms with Crippen LogP contribution >= 0.6 is 0 Å². The summed E-state index contributed by atoms with van der Waals surface area (Å²) in [6, 6.07) is 0. The van der Waals surface area contributed by atoms with E-state index in [1.165, 1.54) is 64.2 Å². The maximum atomic E-state index is 5.30. The minimum absolute atomic E-state index is 0.455. The SMILES string of the molecule is CC.CC.CC1CCCCC1.COCOCC1CCCCC1. The maximum Gasteiger partial charge on any atom is 0.146 e. The Morgan fingerprint density at radius 2 is 1.18 bits per heavy atom. The molecular formula is C20H44O2. The minimum atomic E-state index is 0.455. The molecule has 2 aliphatic carbocycles. The first-order valence-electron chi connectivity index (χ1n) is 9.89. The number of hydrogen-bond acceptors (Lipinski definition) is 2. The predicted molar refractivity (Wildman–Crippen MR) is 99.3 cm³/mol. The van der Waals surface area contributed by atoms with Crippen LogP contribution in [0, 0.1) is 11.8 Å². The van der Waals surface area contributed by atoms with E-state index < -0.39 is 0 Å². The molecule has 0 aromatic carbocycles. The zero-order chi connectivity index (χ0) is 17.1. The van der Waals surface area contributed by atoms with Gasteiger partial charge in [0.15, 0.2) is 0 Å². The van der Waals surface area contributed by atoms with E-state index in [2.05, 4.69) is 6.92 Å². The molecule has 0 bridgehead atoms. The lowest BCUT2D eigenvalue weighted by atomic mass is 9.90. The Morgan fingerprint density at radius 1 is 0.727 bits per heavy atom. The molecule has 2 aliphatic rings. The molecule has 0 spiro atoms. The normalized spacial score (nSPS) is 18.8. The van der Waals surface area contributed by atoms with Gasteiger partial charge in [0.1, 0.15) is 6.79 Å². The highest BCUT2D eigenvalue weighted by molar-refractivity contribution is 4.64. The summed E-state index contributed by atoms with van der Waals surface area (Å²) < 4.78 is 10.1. The second-order valence-corrected chi connectivity index (χ2v) is 6.02. The molecule has 0 saturated heterocycles. The molecular weight excluding hydrogens is 272 g/mol. The van der Waals surface area contributed by atoms with E-state index in [0.29, 0.717) is 6.79 Å². The molecule has 0 atom stereocenters. The highest BCUT2D eigenvalue weighted by atomic mass is 16.7. The van der Waals surface area contributed by atoms with Crippen LogP contribution in [0.15, 0.2) is 0 Å². The van der Waals surface area contributed by atoms with Crippen molar-refractivity contribution in [2.45, 2.75) is 98.8 Å². The van der Waals surface area contributed by atoms with Crippen molar-refractivity contribution in [3.8, 4) is 0 Å². The van der Waals surface area contributed by atoms with Gasteiger partial charge in [-0.05, 0) is 24.7 Å². The van der Waals surface area contributed by atoms with Crippen molar-refractivity contribution in [1.82, 2.24) is 0 Å². The molecule has 0 aromatic heterocycles. The molecule has 2 fully saturated rings. The third-order valence-corrected chi connectivity index (χ3v) is 4.17. The highest BCUT2D eigenvalue weighted by Crippen LogP contribution is 2.23. The summed E-state index contributed by atoms with van der Waals surface area (Å²) in [5.74, 6) is 1.84. The van der Waals surface area contributed by atoms with Gasteiger partial charge in [0.05, 0.1) is 6.61 Å². The summed E-state index contributed by atoms with van der Waals surface area (Å²) in [5, 5.41) is 0. The molecule has 2 nitrogen and oxygen atoms in total. The molecule has 0 heterocycles. The molecule has 0 aliphatic heterocycles.